The summed E-state index contributed by atoms with van der Waals surface area (Å²) in [4.78, 5) is 14.7. The molecule has 0 aromatic heterocycles. The zero-order chi connectivity index (χ0) is 13.8. The Kier molecular flexibility index (Phi) is 4.46. The van der Waals surface area contributed by atoms with Gasteiger partial charge in [0.15, 0.2) is 0 Å². The fourth-order valence-corrected chi connectivity index (χ4v) is 2.93. The van der Waals surface area contributed by atoms with Gasteiger partial charge >= 0.3 is 0 Å². The van der Waals surface area contributed by atoms with E-state index < -0.39 is 0 Å². The van der Waals surface area contributed by atoms with Crippen LogP contribution in [-0.2, 0) is 4.79 Å². The lowest BCUT2D eigenvalue weighted by Gasteiger charge is -2.37. The second-order valence-electron chi connectivity index (χ2n) is 5.48. The number of benzene rings is 1. The Labute approximate surface area is 115 Å². The van der Waals surface area contributed by atoms with E-state index in [9.17, 15) is 4.79 Å². The quantitative estimate of drug-likeness (QED) is 0.848. The minimum Gasteiger partial charge on any atom is -0.399 e. The van der Waals surface area contributed by atoms with E-state index >= 15 is 0 Å². The number of rotatable bonds is 3. The summed E-state index contributed by atoms with van der Waals surface area (Å²) in [5.41, 5.74) is 7.55. The van der Waals surface area contributed by atoms with Crippen molar-refractivity contribution in [3.05, 3.63) is 29.8 Å². The van der Waals surface area contributed by atoms with Crippen molar-refractivity contribution in [3.8, 4) is 0 Å². The van der Waals surface area contributed by atoms with E-state index in [1.165, 1.54) is 6.42 Å². The summed E-state index contributed by atoms with van der Waals surface area (Å²) in [5, 5.41) is 0. The molecule has 19 heavy (non-hydrogen) atoms. The number of nitrogens with two attached hydrogens (primary N) is 1. The molecule has 2 rings (SSSR count). The number of nitrogens with zero attached hydrogens (tertiary/aromatic N) is 1. The number of hydrogen-bond donors (Lipinski definition) is 1. The lowest BCUT2D eigenvalue weighted by atomic mass is 9.94. The molecule has 3 heteroatoms. The molecule has 1 fully saturated rings. The van der Waals surface area contributed by atoms with Gasteiger partial charge in [0.2, 0.25) is 5.91 Å². The first kappa shape index (κ1) is 13.9. The van der Waals surface area contributed by atoms with Crippen molar-refractivity contribution in [2.45, 2.75) is 51.5 Å². The van der Waals surface area contributed by atoms with Gasteiger partial charge in [-0.2, -0.15) is 0 Å². The first-order chi connectivity index (χ1) is 9.13. The predicted molar refractivity (Wildman–Crippen MR) is 78.9 cm³/mol. The third kappa shape index (κ3) is 3.09. The number of piperidine rings is 1. The lowest BCUT2D eigenvalue weighted by Crippen LogP contribution is -2.45. The number of anilines is 1. The summed E-state index contributed by atoms with van der Waals surface area (Å²) >= 11 is 0. The van der Waals surface area contributed by atoms with Gasteiger partial charge in [0.25, 0.3) is 0 Å². The Morgan fingerprint density at radius 3 is 2.95 bits per heavy atom. The van der Waals surface area contributed by atoms with Crippen LogP contribution in [0.15, 0.2) is 24.3 Å². The van der Waals surface area contributed by atoms with Crippen LogP contribution in [-0.4, -0.2) is 23.4 Å². The molecule has 2 N–H and O–H groups in total. The van der Waals surface area contributed by atoms with Crippen molar-refractivity contribution in [3.63, 3.8) is 0 Å². The van der Waals surface area contributed by atoms with Crippen molar-refractivity contribution >= 4 is 11.6 Å². The molecule has 0 spiro atoms. The average Bonchev–Trinajstić information content (AvgIpc) is 2.45. The number of amides is 1. The number of nitrogen functional groups attached to an aromatic ring is 1. The molecule has 1 amide bonds. The van der Waals surface area contributed by atoms with Crippen LogP contribution >= 0.6 is 0 Å². The highest BCUT2D eigenvalue weighted by Gasteiger charge is 2.29. The minimum atomic E-state index is -0.101. The maximum atomic E-state index is 12.7. The number of carbonyl (C=O) groups excluding carboxylic acids is 1. The Hall–Kier alpha value is -1.51. The van der Waals surface area contributed by atoms with Gasteiger partial charge in [-0.25, -0.2) is 0 Å². The van der Waals surface area contributed by atoms with E-state index in [1.54, 1.807) is 0 Å². The molecule has 0 saturated carbocycles. The van der Waals surface area contributed by atoms with Crippen molar-refractivity contribution in [1.82, 2.24) is 4.90 Å². The van der Waals surface area contributed by atoms with Crippen LogP contribution < -0.4 is 5.73 Å². The Balaban J connectivity index is 2.13. The molecule has 0 radical (unpaired) electrons. The molecule has 104 valence electrons. The fraction of sp³-hybridized carbons (Fsp3) is 0.562. The average molecular weight is 260 g/mol. The summed E-state index contributed by atoms with van der Waals surface area (Å²) in [7, 11) is 0. The third-order valence-electron chi connectivity index (χ3n) is 4.16. The first-order valence-electron chi connectivity index (χ1n) is 7.29. The Bertz CT molecular complexity index is 444. The van der Waals surface area contributed by atoms with Crippen LogP contribution in [0.5, 0.6) is 0 Å². The van der Waals surface area contributed by atoms with Gasteiger partial charge in [-0.15, -0.1) is 0 Å². The minimum absolute atomic E-state index is 0.101. The molecule has 0 bridgehead atoms. The van der Waals surface area contributed by atoms with Crippen LogP contribution in [0.25, 0.3) is 0 Å². The standard InChI is InChI=1S/C16H24N2O/c1-3-15-9-4-5-10-18(15)16(19)12(2)13-7-6-8-14(17)11-13/h6-8,11-12,15H,3-5,9-10,17H2,1-2H3. The van der Waals surface area contributed by atoms with Gasteiger partial charge < -0.3 is 10.6 Å². The predicted octanol–water partition coefficient (Wildman–Crippen LogP) is 3.16. The number of hydrogen-bond acceptors (Lipinski definition) is 2. The summed E-state index contributed by atoms with van der Waals surface area (Å²) in [5.74, 6) is 0.146. The van der Waals surface area contributed by atoms with Crippen LogP contribution in [0.2, 0.25) is 0 Å². The molecule has 2 atom stereocenters. The second-order valence-corrected chi connectivity index (χ2v) is 5.48. The molecular weight excluding hydrogens is 236 g/mol. The van der Waals surface area contributed by atoms with E-state index in [-0.39, 0.29) is 11.8 Å². The van der Waals surface area contributed by atoms with Crippen LogP contribution in [0.3, 0.4) is 0 Å². The summed E-state index contributed by atoms with van der Waals surface area (Å²) < 4.78 is 0. The smallest absolute Gasteiger partial charge is 0.230 e. The van der Waals surface area contributed by atoms with Crippen molar-refractivity contribution in [2.24, 2.45) is 0 Å². The van der Waals surface area contributed by atoms with Crippen LogP contribution in [0.1, 0.15) is 51.0 Å². The van der Waals surface area contributed by atoms with Gasteiger partial charge in [0, 0.05) is 18.3 Å². The molecule has 0 aliphatic carbocycles. The van der Waals surface area contributed by atoms with E-state index in [2.05, 4.69) is 11.8 Å². The maximum Gasteiger partial charge on any atom is 0.230 e. The van der Waals surface area contributed by atoms with Crippen LogP contribution in [0, 0.1) is 0 Å². The summed E-state index contributed by atoms with van der Waals surface area (Å²) in [6.45, 7) is 5.06. The van der Waals surface area contributed by atoms with Gasteiger partial charge in [-0.05, 0) is 50.3 Å². The third-order valence-corrected chi connectivity index (χ3v) is 4.16. The second kappa shape index (κ2) is 6.09. The molecular formula is C16H24N2O. The molecule has 3 nitrogen and oxygen atoms in total. The van der Waals surface area contributed by atoms with Gasteiger partial charge in [0.05, 0.1) is 5.92 Å². The SMILES string of the molecule is CCC1CCCCN1C(=O)C(C)c1cccc(N)c1. The zero-order valence-corrected chi connectivity index (χ0v) is 11.9. The Morgan fingerprint density at radius 1 is 1.47 bits per heavy atom. The zero-order valence-electron chi connectivity index (χ0n) is 11.9. The van der Waals surface area contributed by atoms with Crippen molar-refractivity contribution in [2.75, 3.05) is 12.3 Å². The van der Waals surface area contributed by atoms with Crippen LogP contribution in [0.4, 0.5) is 5.69 Å². The monoisotopic (exact) mass is 260 g/mol. The molecule has 1 aromatic carbocycles. The highest BCUT2D eigenvalue weighted by molar-refractivity contribution is 5.84. The molecule has 1 aliphatic heterocycles. The molecule has 1 aromatic rings. The number of likely N-dealkylation sites (tertiary alicyclic amines) is 1. The summed E-state index contributed by atoms with van der Waals surface area (Å²) in [6.07, 6.45) is 4.57. The normalized spacial score (nSPS) is 21.2. The largest absolute Gasteiger partial charge is 0.399 e. The van der Waals surface area contributed by atoms with E-state index in [0.29, 0.717) is 6.04 Å². The van der Waals surface area contributed by atoms with E-state index in [4.69, 9.17) is 5.73 Å². The highest BCUT2D eigenvalue weighted by Crippen LogP contribution is 2.26. The van der Waals surface area contributed by atoms with Crippen molar-refractivity contribution < 1.29 is 4.79 Å². The molecule has 1 saturated heterocycles. The first-order valence-corrected chi connectivity index (χ1v) is 7.29. The molecule has 2 unspecified atom stereocenters. The highest BCUT2D eigenvalue weighted by atomic mass is 16.2. The molecule has 1 aliphatic rings. The van der Waals surface area contributed by atoms with Gasteiger partial charge in [-0.3, -0.25) is 4.79 Å². The van der Waals surface area contributed by atoms with Crippen molar-refractivity contribution in [1.29, 1.82) is 0 Å². The topological polar surface area (TPSA) is 46.3 Å². The fourth-order valence-electron chi connectivity index (χ4n) is 2.93. The maximum absolute atomic E-state index is 12.7. The van der Waals surface area contributed by atoms with Gasteiger partial charge in [0.1, 0.15) is 0 Å². The lowest BCUT2D eigenvalue weighted by molar-refractivity contribution is -0.136. The van der Waals surface area contributed by atoms with Gasteiger partial charge in [-0.1, -0.05) is 19.1 Å². The molecule has 1 heterocycles. The van der Waals surface area contributed by atoms with E-state index in [1.807, 2.05) is 31.2 Å². The van der Waals surface area contributed by atoms with E-state index in [0.717, 1.165) is 37.1 Å². The summed E-state index contributed by atoms with van der Waals surface area (Å²) in [6, 6.07) is 8.10. The number of carbonyl (C=O) groups is 1. The Morgan fingerprint density at radius 2 is 2.26 bits per heavy atom.